The Morgan fingerprint density at radius 1 is 0.804 bits per heavy atom. The first-order valence-corrected chi connectivity index (χ1v) is 17.0. The maximum Gasteiger partial charge on any atom is 0.312 e. The molecule has 290 valence electrons. The number of amides is 6. The molecule has 0 aliphatic carbocycles. The Balaban J connectivity index is 2.08. The van der Waals surface area contributed by atoms with E-state index < -0.39 is 42.6 Å². The molecule has 0 unspecified atom stereocenters. The molecule has 1 aliphatic heterocycles. The second-order valence-corrected chi connectivity index (χ2v) is 11.5. The van der Waals surface area contributed by atoms with E-state index in [0.717, 1.165) is 4.90 Å². The molecule has 5 N–H and O–H groups in total. The van der Waals surface area contributed by atoms with Gasteiger partial charge in [0.1, 0.15) is 7.63 Å². The van der Waals surface area contributed by atoms with Gasteiger partial charge in [-0.1, -0.05) is 13.8 Å². The highest BCUT2D eigenvalue weighted by atomic mass is 16.6. The molecule has 18 heteroatoms. The lowest BCUT2D eigenvalue weighted by molar-refractivity contribution is -0.137. The zero-order chi connectivity index (χ0) is 38.6. The van der Waals surface area contributed by atoms with E-state index in [1.165, 1.54) is 12.2 Å². The summed E-state index contributed by atoms with van der Waals surface area (Å²) in [5.74, 6) is -3.08. The van der Waals surface area contributed by atoms with Gasteiger partial charge in [-0.2, -0.15) is 0 Å². The molecule has 6 amide bonds. The van der Waals surface area contributed by atoms with Gasteiger partial charge in [-0.25, -0.2) is 4.79 Å². The van der Waals surface area contributed by atoms with E-state index in [2.05, 4.69) is 16.0 Å². The van der Waals surface area contributed by atoms with Gasteiger partial charge in [0, 0.05) is 37.5 Å². The highest BCUT2D eigenvalue weighted by Crippen LogP contribution is 2.16. The minimum absolute atomic E-state index is 0.00996. The summed E-state index contributed by atoms with van der Waals surface area (Å²) in [6.45, 7) is 7.31. The second kappa shape index (κ2) is 28.8. The van der Waals surface area contributed by atoms with Gasteiger partial charge in [-0.3, -0.25) is 28.9 Å². The Kier molecular flexibility index (Phi) is 24.5. The predicted molar refractivity (Wildman–Crippen MR) is 181 cm³/mol. The third-order valence-electron chi connectivity index (χ3n) is 7.21. The summed E-state index contributed by atoms with van der Waals surface area (Å²) in [5.41, 5.74) is 5.06. The van der Waals surface area contributed by atoms with Crippen LogP contribution in [0.1, 0.15) is 40.9 Å². The summed E-state index contributed by atoms with van der Waals surface area (Å²) >= 11 is 0. The fourth-order valence-electron chi connectivity index (χ4n) is 4.56. The number of nitrogens with zero attached hydrogens (tertiary/aromatic N) is 1. The first-order valence-electron chi connectivity index (χ1n) is 17.5. The molecule has 0 aromatic carbocycles. The first kappa shape index (κ1) is 43.4. The van der Waals surface area contributed by atoms with Gasteiger partial charge < -0.3 is 54.9 Å². The number of imide groups is 1. The molecular formula is C33H55N5O13. The number of primary amides is 1. The molecule has 1 aliphatic rings. The van der Waals surface area contributed by atoms with Gasteiger partial charge in [-0.15, -0.1) is 0 Å². The van der Waals surface area contributed by atoms with E-state index in [1.807, 2.05) is 0 Å². The lowest BCUT2D eigenvalue weighted by Gasteiger charge is -2.24. The number of nitrogens with two attached hydrogens (primary N) is 1. The van der Waals surface area contributed by atoms with Crippen molar-refractivity contribution < 1.29 is 63.4 Å². The van der Waals surface area contributed by atoms with Gasteiger partial charge in [0.05, 0.1) is 98.4 Å². The molecule has 0 aromatic rings. The molecule has 2 atom stereocenters. The molecule has 51 heavy (non-hydrogen) atoms. The normalized spacial score (nSPS) is 14.0. The highest BCUT2D eigenvalue weighted by molar-refractivity contribution is 6.12. The molecule has 1 rings (SSSR count). The average molecular weight is 731 g/mol. The van der Waals surface area contributed by atoms with Crippen LogP contribution in [0.4, 0.5) is 4.79 Å². The van der Waals surface area contributed by atoms with Crippen LogP contribution in [-0.4, -0.2) is 152 Å². The van der Waals surface area contributed by atoms with Gasteiger partial charge in [0.25, 0.3) is 11.8 Å². The molecule has 0 radical (unpaired) electrons. The van der Waals surface area contributed by atoms with Gasteiger partial charge >= 0.3 is 6.03 Å². The molecule has 18 nitrogen and oxygen atoms in total. The predicted octanol–water partition coefficient (Wildman–Crippen LogP) is -1.12. The minimum Gasteiger partial charge on any atom is -0.379 e. The number of aldehydes is 1. The molecule has 0 aromatic heterocycles. The van der Waals surface area contributed by atoms with Crippen molar-refractivity contribution in [1.82, 2.24) is 20.9 Å². The zero-order valence-electron chi connectivity index (χ0n) is 30.7. The van der Waals surface area contributed by atoms with E-state index >= 15 is 0 Å². The second-order valence-electron chi connectivity index (χ2n) is 11.5. The minimum atomic E-state index is -0.980. The van der Waals surface area contributed by atoms with Crippen LogP contribution in [-0.2, 0) is 57.2 Å². The fourth-order valence-corrected chi connectivity index (χ4v) is 4.56. The molecule has 0 bridgehead atoms. The van der Waals surface area contributed by atoms with Crippen molar-refractivity contribution in [2.45, 2.75) is 45.6 Å². The van der Waals surface area contributed by atoms with Crippen molar-refractivity contribution in [2.75, 3.05) is 98.9 Å². The summed E-state index contributed by atoms with van der Waals surface area (Å²) in [7, 11) is 0. The van der Waals surface area contributed by atoms with Gasteiger partial charge in [0.2, 0.25) is 11.8 Å². The molecule has 0 fully saturated rings. The molecular weight excluding hydrogens is 674 g/mol. The van der Waals surface area contributed by atoms with Gasteiger partial charge in [0.15, 0.2) is 5.78 Å². The van der Waals surface area contributed by atoms with Crippen LogP contribution in [0.2, 0.25) is 0 Å². The Morgan fingerprint density at radius 3 is 1.76 bits per heavy atom. The monoisotopic (exact) mass is 730 g/mol. The van der Waals surface area contributed by atoms with Crippen LogP contribution < -0.4 is 21.7 Å². The molecule has 0 spiro atoms. The number of carbonyl (C=O) groups excluding carboxylic acids is 7. The van der Waals surface area contributed by atoms with E-state index in [0.29, 0.717) is 65.9 Å². The smallest absolute Gasteiger partial charge is 0.312 e. The van der Waals surface area contributed by atoms with E-state index in [1.54, 1.807) is 13.8 Å². The van der Waals surface area contributed by atoms with Crippen molar-refractivity contribution in [1.29, 1.82) is 0 Å². The Labute approximate surface area is 300 Å². The molecule has 0 saturated heterocycles. The molecule has 0 saturated carbocycles. The Morgan fingerprint density at radius 2 is 1.29 bits per heavy atom. The number of rotatable bonds is 33. The fraction of sp³-hybridized carbons (Fsp3) is 0.727. The Hall–Kier alpha value is -3.81. The largest absolute Gasteiger partial charge is 0.379 e. The summed E-state index contributed by atoms with van der Waals surface area (Å²) in [5, 5.41) is 7.47. The SMILES string of the molecule is [2H]C(=O)CNC(=O)[C@H](CCCNC(N)=O)CC(=O)[C@@H](NC(=O)CCOCCOCCOCCOCCOCCOCCN1C(=O)C=CC1=O)C(C)C. The number of ketones is 1. The number of hydrogen-bond acceptors (Lipinski definition) is 13. The van der Waals surface area contributed by atoms with E-state index in [9.17, 15) is 33.6 Å². The lowest BCUT2D eigenvalue weighted by atomic mass is 9.89. The average Bonchev–Trinajstić information content (AvgIpc) is 3.41. The van der Waals surface area contributed by atoms with E-state index in [4.69, 9.17) is 35.5 Å². The topological polar surface area (TPSA) is 240 Å². The summed E-state index contributed by atoms with van der Waals surface area (Å²) in [6.07, 6.45) is 1.85. The lowest BCUT2D eigenvalue weighted by Crippen LogP contribution is -2.46. The van der Waals surface area contributed by atoms with E-state index in [-0.39, 0.29) is 75.7 Å². The zero-order valence-corrected chi connectivity index (χ0v) is 29.7. The first-order chi connectivity index (χ1) is 24.9. The maximum atomic E-state index is 13.1. The van der Waals surface area contributed by atoms with Crippen LogP contribution in [0.15, 0.2) is 12.2 Å². The standard InChI is InChI=1S/C33H55N5O13/c1-25(2)31(27(40)24-26(32(44)35-9-11-39)4-3-8-36-33(34)45)37-28(41)7-12-46-14-16-48-18-20-50-22-23-51-21-19-49-17-15-47-13-10-38-29(42)5-6-30(38)43/h5-6,11,25-26,31H,3-4,7-10,12-24H2,1-2H3,(H,35,44)(H,37,41)(H3,34,36,45)/t26-,31+/m1/s1/i11D. The summed E-state index contributed by atoms with van der Waals surface area (Å²) in [6, 6.07) is -1.57. The summed E-state index contributed by atoms with van der Waals surface area (Å²) in [4.78, 5) is 84.1. The number of nitrogens with one attached hydrogen (secondary N) is 3. The van der Waals surface area contributed by atoms with Crippen LogP contribution in [0.5, 0.6) is 0 Å². The number of hydrogen-bond donors (Lipinski definition) is 4. The van der Waals surface area contributed by atoms with Crippen LogP contribution in [0, 0.1) is 11.8 Å². The summed E-state index contributed by atoms with van der Waals surface area (Å²) < 4.78 is 39.5. The molecule has 1 heterocycles. The van der Waals surface area contributed by atoms with Crippen molar-refractivity contribution >= 4 is 41.7 Å². The third-order valence-corrected chi connectivity index (χ3v) is 7.21. The van der Waals surface area contributed by atoms with Gasteiger partial charge in [-0.05, 0) is 18.8 Å². The van der Waals surface area contributed by atoms with Crippen molar-refractivity contribution in [3.8, 4) is 0 Å². The Bertz CT molecular complexity index is 1140. The maximum absolute atomic E-state index is 13.1. The number of urea groups is 1. The number of Topliss-reactive ketones (excluding diaryl/α,β-unsaturated/α-hetero) is 1. The van der Waals surface area contributed by atoms with Crippen molar-refractivity contribution in [3.63, 3.8) is 0 Å². The number of carbonyl (C=O) groups is 7. The third kappa shape index (κ3) is 22.6. The highest BCUT2D eigenvalue weighted by Gasteiger charge is 2.29. The van der Waals surface area contributed by atoms with Crippen molar-refractivity contribution in [3.05, 3.63) is 12.2 Å². The van der Waals surface area contributed by atoms with Crippen LogP contribution in [0.25, 0.3) is 0 Å². The quantitative estimate of drug-likeness (QED) is 0.0356. The van der Waals surface area contributed by atoms with Crippen LogP contribution >= 0.6 is 0 Å². The number of ether oxygens (including phenoxy) is 6. The van der Waals surface area contributed by atoms with Crippen molar-refractivity contribution in [2.24, 2.45) is 17.6 Å². The van der Waals surface area contributed by atoms with Crippen LogP contribution in [0.3, 0.4) is 0 Å².